The molecule has 0 spiro atoms. The summed E-state index contributed by atoms with van der Waals surface area (Å²) in [5.41, 5.74) is 1.41. The second kappa shape index (κ2) is 7.92. The number of hydrogen-bond acceptors (Lipinski definition) is 4. The topological polar surface area (TPSA) is 71.7 Å². The summed E-state index contributed by atoms with van der Waals surface area (Å²) in [5, 5.41) is 1.79. The lowest BCUT2D eigenvalue weighted by Crippen LogP contribution is -2.25. The van der Waals surface area contributed by atoms with Crippen molar-refractivity contribution in [1.82, 2.24) is 4.57 Å². The van der Waals surface area contributed by atoms with E-state index in [1.54, 1.807) is 58.6 Å². The van der Waals surface area contributed by atoms with E-state index in [1.807, 2.05) is 0 Å². The highest BCUT2D eigenvalue weighted by Crippen LogP contribution is 2.24. The molecule has 0 N–H and O–H groups in total. The Morgan fingerprint density at radius 2 is 1.90 bits per heavy atom. The van der Waals surface area contributed by atoms with Gasteiger partial charge in [-0.05, 0) is 36.8 Å². The van der Waals surface area contributed by atoms with Gasteiger partial charge in [0.2, 0.25) is 10.0 Å². The Bertz CT molecular complexity index is 1210. The molecular formula is C20H18FN3O3S2. The summed E-state index contributed by atoms with van der Waals surface area (Å²) in [5.74, 6) is -0.606. The van der Waals surface area contributed by atoms with E-state index in [0.717, 1.165) is 0 Å². The first kappa shape index (κ1) is 19.5. The predicted molar refractivity (Wildman–Crippen MR) is 110 cm³/mol. The Morgan fingerprint density at radius 1 is 1.14 bits per heavy atom. The third-order valence-corrected chi connectivity index (χ3v) is 7.32. The second-order valence-corrected chi connectivity index (χ2v) is 9.50. The van der Waals surface area contributed by atoms with Gasteiger partial charge in [-0.25, -0.2) is 12.8 Å². The molecule has 0 atom stereocenters. The van der Waals surface area contributed by atoms with E-state index in [2.05, 4.69) is 4.99 Å². The number of nitrogens with zero attached hydrogens (tertiary/aromatic N) is 3. The zero-order chi connectivity index (χ0) is 20.4. The van der Waals surface area contributed by atoms with Crippen LogP contribution in [0.25, 0.3) is 0 Å². The van der Waals surface area contributed by atoms with E-state index in [0.29, 0.717) is 34.6 Å². The molecule has 0 unspecified atom stereocenters. The van der Waals surface area contributed by atoms with Crippen molar-refractivity contribution in [3.05, 3.63) is 81.9 Å². The first-order valence-electron chi connectivity index (χ1n) is 9.01. The quantitative estimate of drug-likeness (QED) is 0.638. The van der Waals surface area contributed by atoms with Crippen LogP contribution < -0.4 is 9.11 Å². The lowest BCUT2D eigenvalue weighted by atomic mass is 10.2. The smallest absolute Gasteiger partial charge is 0.279 e. The molecule has 1 amide bonds. The summed E-state index contributed by atoms with van der Waals surface area (Å²) in [4.78, 5) is 17.2. The van der Waals surface area contributed by atoms with Gasteiger partial charge in [0, 0.05) is 29.2 Å². The molecule has 1 aliphatic rings. The normalized spacial score (nSPS) is 16.3. The zero-order valence-corrected chi connectivity index (χ0v) is 17.0. The Kier molecular flexibility index (Phi) is 5.33. The fourth-order valence-electron chi connectivity index (χ4n) is 3.17. The van der Waals surface area contributed by atoms with Crippen molar-refractivity contribution in [1.29, 1.82) is 0 Å². The molecule has 3 aromatic rings. The van der Waals surface area contributed by atoms with E-state index >= 15 is 0 Å². The fraction of sp³-hybridized carbons (Fsp3) is 0.200. The molecule has 0 saturated carbocycles. The van der Waals surface area contributed by atoms with Crippen molar-refractivity contribution in [3.8, 4) is 0 Å². The van der Waals surface area contributed by atoms with Gasteiger partial charge in [0.15, 0.2) is 4.80 Å². The van der Waals surface area contributed by atoms with Crippen molar-refractivity contribution in [3.63, 3.8) is 0 Å². The van der Waals surface area contributed by atoms with Crippen molar-refractivity contribution >= 4 is 33.0 Å². The van der Waals surface area contributed by atoms with Gasteiger partial charge in [0.05, 0.1) is 18.0 Å². The maximum atomic E-state index is 13.9. The van der Waals surface area contributed by atoms with Gasteiger partial charge >= 0.3 is 0 Å². The number of aromatic nitrogens is 1. The van der Waals surface area contributed by atoms with E-state index in [-0.39, 0.29) is 18.1 Å². The molecular weight excluding hydrogens is 413 g/mol. The molecule has 150 valence electrons. The summed E-state index contributed by atoms with van der Waals surface area (Å²) < 4.78 is 41.0. The number of thiazole rings is 1. The van der Waals surface area contributed by atoms with Crippen LogP contribution in [0.2, 0.25) is 0 Å². The molecule has 4 rings (SSSR count). The standard InChI is InChI=1S/C20H18FN3O3S2/c21-18-5-2-1-4-16(18)14-23-11-12-28-20(23)22-19(25)15-6-8-17(9-7-15)24-10-3-13-29(24,26)27/h1-2,4-9,11-12H,3,10,13-14H2. The average Bonchev–Trinajstić information content (AvgIpc) is 3.29. The highest BCUT2D eigenvalue weighted by Gasteiger charge is 2.28. The molecule has 1 saturated heterocycles. The molecule has 1 aromatic heterocycles. The van der Waals surface area contributed by atoms with Crippen LogP contribution in [0.15, 0.2) is 65.1 Å². The van der Waals surface area contributed by atoms with Crippen LogP contribution in [0.5, 0.6) is 0 Å². The summed E-state index contributed by atoms with van der Waals surface area (Å²) in [6, 6.07) is 12.9. The van der Waals surface area contributed by atoms with Gasteiger partial charge in [0.1, 0.15) is 5.82 Å². The van der Waals surface area contributed by atoms with Crippen molar-refractivity contribution < 1.29 is 17.6 Å². The number of carbonyl (C=O) groups is 1. The molecule has 1 aliphatic heterocycles. The number of hydrogen-bond donors (Lipinski definition) is 0. The summed E-state index contributed by atoms with van der Waals surface area (Å²) >= 11 is 1.29. The Balaban J connectivity index is 1.56. The van der Waals surface area contributed by atoms with E-state index in [1.165, 1.54) is 21.7 Å². The third-order valence-electron chi connectivity index (χ3n) is 4.66. The van der Waals surface area contributed by atoms with Gasteiger partial charge in [-0.2, -0.15) is 4.99 Å². The van der Waals surface area contributed by atoms with Crippen LogP contribution in [0.1, 0.15) is 22.3 Å². The molecule has 0 radical (unpaired) electrons. The van der Waals surface area contributed by atoms with E-state index in [4.69, 9.17) is 0 Å². The molecule has 6 nitrogen and oxygen atoms in total. The van der Waals surface area contributed by atoms with Crippen LogP contribution in [0.4, 0.5) is 10.1 Å². The molecule has 9 heteroatoms. The monoisotopic (exact) mass is 431 g/mol. The molecule has 2 heterocycles. The molecule has 0 aliphatic carbocycles. The minimum Gasteiger partial charge on any atom is -0.319 e. The van der Waals surface area contributed by atoms with E-state index < -0.39 is 15.9 Å². The molecule has 2 aromatic carbocycles. The number of sulfonamides is 1. The molecule has 1 fully saturated rings. The third kappa shape index (κ3) is 4.15. The number of halogens is 1. The summed E-state index contributed by atoms with van der Waals surface area (Å²) in [7, 11) is -3.26. The minimum atomic E-state index is -3.26. The van der Waals surface area contributed by atoms with Crippen LogP contribution in [0, 0.1) is 5.82 Å². The highest BCUT2D eigenvalue weighted by molar-refractivity contribution is 7.93. The maximum absolute atomic E-state index is 13.9. The van der Waals surface area contributed by atoms with Gasteiger partial charge in [0.25, 0.3) is 5.91 Å². The SMILES string of the molecule is O=C(N=c1sccn1Cc1ccccc1F)c1ccc(N2CCCS2(=O)=O)cc1. The predicted octanol–water partition coefficient (Wildman–Crippen LogP) is 3.02. The molecule has 0 bridgehead atoms. The lowest BCUT2D eigenvalue weighted by molar-refractivity contribution is 0.0998. The van der Waals surface area contributed by atoms with Crippen LogP contribution >= 0.6 is 11.3 Å². The summed E-state index contributed by atoms with van der Waals surface area (Å²) in [6.07, 6.45) is 2.35. The van der Waals surface area contributed by atoms with Crippen molar-refractivity contribution in [2.75, 3.05) is 16.6 Å². The van der Waals surface area contributed by atoms with Crippen LogP contribution in [-0.2, 0) is 16.6 Å². The van der Waals surface area contributed by atoms with Gasteiger partial charge in [-0.3, -0.25) is 9.10 Å². The van der Waals surface area contributed by atoms with E-state index in [9.17, 15) is 17.6 Å². The summed E-state index contributed by atoms with van der Waals surface area (Å²) in [6.45, 7) is 0.722. The van der Waals surface area contributed by atoms with Crippen LogP contribution in [0.3, 0.4) is 0 Å². The van der Waals surface area contributed by atoms with Gasteiger partial charge in [-0.15, -0.1) is 11.3 Å². The van der Waals surface area contributed by atoms with Gasteiger partial charge < -0.3 is 4.57 Å². The maximum Gasteiger partial charge on any atom is 0.279 e. The number of carbonyl (C=O) groups excluding carboxylic acids is 1. The fourth-order valence-corrected chi connectivity index (χ4v) is 5.46. The molecule has 29 heavy (non-hydrogen) atoms. The first-order chi connectivity index (χ1) is 13.9. The minimum absolute atomic E-state index is 0.142. The van der Waals surface area contributed by atoms with Gasteiger partial charge in [-0.1, -0.05) is 18.2 Å². The van der Waals surface area contributed by atoms with Crippen molar-refractivity contribution in [2.45, 2.75) is 13.0 Å². The number of rotatable bonds is 4. The number of anilines is 1. The largest absolute Gasteiger partial charge is 0.319 e. The number of benzene rings is 2. The Hall–Kier alpha value is -2.78. The zero-order valence-electron chi connectivity index (χ0n) is 15.4. The second-order valence-electron chi connectivity index (χ2n) is 6.61. The first-order valence-corrected chi connectivity index (χ1v) is 11.5. The Labute approximate surface area is 171 Å². The Morgan fingerprint density at radius 3 is 2.59 bits per heavy atom. The average molecular weight is 432 g/mol. The van der Waals surface area contributed by atoms with Crippen molar-refractivity contribution in [2.24, 2.45) is 4.99 Å². The highest BCUT2D eigenvalue weighted by atomic mass is 32.2. The van der Waals surface area contributed by atoms with Crippen LogP contribution in [-0.4, -0.2) is 31.2 Å². The number of amides is 1. The lowest BCUT2D eigenvalue weighted by Gasteiger charge is -2.16.